The highest BCUT2D eigenvalue weighted by molar-refractivity contribution is 5.49. The smallest absolute Gasteiger partial charge is 0.274 e. The number of hydrogen-bond donors (Lipinski definition) is 1. The molecule has 2 heterocycles. The first-order valence-electron chi connectivity index (χ1n) is 5.91. The number of nitrogens with one attached hydrogen (secondary N) is 1. The third-order valence-electron chi connectivity index (χ3n) is 2.76. The Bertz CT molecular complexity index is 784. The zero-order valence-electron chi connectivity index (χ0n) is 10.3. The van der Waals surface area contributed by atoms with Gasteiger partial charge < -0.3 is 9.51 Å². The van der Waals surface area contributed by atoms with Gasteiger partial charge in [-0.1, -0.05) is 17.3 Å². The van der Waals surface area contributed by atoms with Crippen LogP contribution in [-0.2, 0) is 6.42 Å². The lowest BCUT2D eigenvalue weighted by atomic mass is 10.1. The van der Waals surface area contributed by atoms with Crippen molar-refractivity contribution in [1.82, 2.24) is 15.1 Å². The van der Waals surface area contributed by atoms with Crippen LogP contribution in [0.1, 0.15) is 17.1 Å². The monoisotopic (exact) mass is 268 g/mol. The quantitative estimate of drug-likeness (QED) is 0.792. The summed E-state index contributed by atoms with van der Waals surface area (Å²) in [6.07, 6.45) is 0.382. The Morgan fingerprint density at radius 2 is 2.20 bits per heavy atom. The van der Waals surface area contributed by atoms with E-state index in [4.69, 9.17) is 9.78 Å². The lowest BCUT2D eigenvalue weighted by Gasteiger charge is -1.95. The van der Waals surface area contributed by atoms with E-state index in [2.05, 4.69) is 15.1 Å². The van der Waals surface area contributed by atoms with Crippen molar-refractivity contribution in [3.05, 3.63) is 59.3 Å². The Balaban J connectivity index is 1.82. The molecular formula is C14H9FN4O. The number of nitrogens with zero attached hydrogens (tertiary/aromatic N) is 3. The molecule has 1 aromatic carbocycles. The van der Waals surface area contributed by atoms with Crippen molar-refractivity contribution in [1.29, 1.82) is 5.26 Å². The van der Waals surface area contributed by atoms with Gasteiger partial charge in [-0.3, -0.25) is 0 Å². The molecule has 0 saturated heterocycles. The maximum atomic E-state index is 13.1. The highest BCUT2D eigenvalue weighted by atomic mass is 19.1. The Hall–Kier alpha value is -2.94. The van der Waals surface area contributed by atoms with E-state index in [9.17, 15) is 4.39 Å². The Morgan fingerprint density at radius 3 is 2.95 bits per heavy atom. The van der Waals surface area contributed by atoms with Gasteiger partial charge in [-0.05, 0) is 29.8 Å². The average Bonchev–Trinajstić information content (AvgIpc) is 3.07. The zero-order valence-corrected chi connectivity index (χ0v) is 10.3. The summed E-state index contributed by atoms with van der Waals surface area (Å²) in [5.74, 6) is 0.464. The highest BCUT2D eigenvalue weighted by Crippen LogP contribution is 2.17. The van der Waals surface area contributed by atoms with Gasteiger partial charge in [-0.25, -0.2) is 4.39 Å². The summed E-state index contributed by atoms with van der Waals surface area (Å²) < 4.78 is 18.2. The minimum absolute atomic E-state index is 0.297. The number of aromatic nitrogens is 3. The Morgan fingerprint density at radius 1 is 1.30 bits per heavy atom. The van der Waals surface area contributed by atoms with Gasteiger partial charge in [0.1, 0.15) is 23.3 Å². The number of aromatic amines is 1. The van der Waals surface area contributed by atoms with Crippen LogP contribution in [-0.4, -0.2) is 15.1 Å². The van der Waals surface area contributed by atoms with Crippen LogP contribution in [0.5, 0.6) is 0 Å². The van der Waals surface area contributed by atoms with Gasteiger partial charge in [0.2, 0.25) is 0 Å². The molecule has 0 unspecified atom stereocenters. The molecule has 0 amide bonds. The predicted octanol–water partition coefficient (Wildman–Crippen LogP) is 2.67. The molecule has 1 N–H and O–H groups in total. The second-order valence-corrected chi connectivity index (χ2v) is 4.22. The number of halogens is 1. The van der Waals surface area contributed by atoms with Crippen molar-refractivity contribution in [2.24, 2.45) is 0 Å². The van der Waals surface area contributed by atoms with Gasteiger partial charge in [-0.15, -0.1) is 0 Å². The van der Waals surface area contributed by atoms with Crippen LogP contribution in [0.3, 0.4) is 0 Å². The van der Waals surface area contributed by atoms with Gasteiger partial charge in [0.05, 0.1) is 0 Å². The van der Waals surface area contributed by atoms with Crippen LogP contribution in [0, 0.1) is 17.1 Å². The summed E-state index contributed by atoms with van der Waals surface area (Å²) in [6.45, 7) is 0. The third-order valence-corrected chi connectivity index (χ3v) is 2.76. The van der Waals surface area contributed by atoms with Gasteiger partial charge in [0, 0.05) is 6.42 Å². The number of nitriles is 1. The molecule has 0 spiro atoms. The first-order valence-corrected chi connectivity index (χ1v) is 5.91. The molecule has 5 nitrogen and oxygen atoms in total. The molecule has 3 aromatic rings. The molecule has 0 bridgehead atoms. The first kappa shape index (κ1) is 12.1. The molecule has 0 aliphatic rings. The van der Waals surface area contributed by atoms with Crippen molar-refractivity contribution < 1.29 is 8.91 Å². The van der Waals surface area contributed by atoms with Crippen LogP contribution in [0.4, 0.5) is 4.39 Å². The molecule has 0 radical (unpaired) electrons. The molecule has 0 fully saturated rings. The van der Waals surface area contributed by atoms with Crippen LogP contribution < -0.4 is 0 Å². The number of benzene rings is 1. The Labute approximate surface area is 113 Å². The maximum Gasteiger partial charge on any atom is 0.274 e. The fourth-order valence-electron chi connectivity index (χ4n) is 1.85. The van der Waals surface area contributed by atoms with Crippen molar-refractivity contribution in [2.45, 2.75) is 6.42 Å². The van der Waals surface area contributed by atoms with E-state index in [1.54, 1.807) is 24.3 Å². The minimum atomic E-state index is -0.297. The molecule has 0 aliphatic heterocycles. The molecule has 0 saturated carbocycles. The van der Waals surface area contributed by atoms with Crippen molar-refractivity contribution in [3.8, 4) is 17.7 Å². The SMILES string of the molecule is N#Cc1ccc(-c2nc(Cc3cccc(F)c3)no2)[nH]1. The topological polar surface area (TPSA) is 78.5 Å². The van der Waals surface area contributed by atoms with E-state index in [0.717, 1.165) is 5.56 Å². The second kappa shape index (κ2) is 4.97. The summed E-state index contributed by atoms with van der Waals surface area (Å²) >= 11 is 0. The van der Waals surface area contributed by atoms with Crippen molar-refractivity contribution >= 4 is 0 Å². The summed E-state index contributed by atoms with van der Waals surface area (Å²) in [5.41, 5.74) is 1.77. The Kier molecular flexibility index (Phi) is 3.01. The van der Waals surface area contributed by atoms with E-state index in [-0.39, 0.29) is 5.82 Å². The summed E-state index contributed by atoms with van der Waals surface area (Å²) in [4.78, 5) is 7.06. The summed E-state index contributed by atoms with van der Waals surface area (Å²) in [5, 5.41) is 12.6. The molecule has 2 aromatic heterocycles. The number of hydrogen-bond acceptors (Lipinski definition) is 4. The second-order valence-electron chi connectivity index (χ2n) is 4.22. The number of rotatable bonds is 3. The lowest BCUT2D eigenvalue weighted by Crippen LogP contribution is -1.91. The standard InChI is InChI=1S/C14H9FN4O/c15-10-3-1-2-9(6-10)7-13-18-14(20-19-13)12-5-4-11(8-16)17-12/h1-6,17H,7H2. The molecular weight excluding hydrogens is 259 g/mol. The molecule has 6 heteroatoms. The fraction of sp³-hybridized carbons (Fsp3) is 0.0714. The molecule has 98 valence electrons. The normalized spacial score (nSPS) is 10.4. The lowest BCUT2D eigenvalue weighted by molar-refractivity contribution is 0.423. The van der Waals surface area contributed by atoms with E-state index in [1.807, 2.05) is 6.07 Å². The van der Waals surface area contributed by atoms with Crippen LogP contribution >= 0.6 is 0 Å². The van der Waals surface area contributed by atoms with Gasteiger partial charge in [0.25, 0.3) is 5.89 Å². The first-order chi connectivity index (χ1) is 9.74. The van der Waals surface area contributed by atoms with E-state index in [0.29, 0.717) is 29.5 Å². The van der Waals surface area contributed by atoms with Gasteiger partial charge in [0.15, 0.2) is 5.82 Å². The van der Waals surface area contributed by atoms with E-state index >= 15 is 0 Å². The largest absolute Gasteiger partial charge is 0.342 e. The fourth-order valence-corrected chi connectivity index (χ4v) is 1.85. The van der Waals surface area contributed by atoms with Crippen LogP contribution in [0.2, 0.25) is 0 Å². The molecule has 3 rings (SSSR count). The maximum absolute atomic E-state index is 13.1. The summed E-state index contributed by atoms with van der Waals surface area (Å²) in [7, 11) is 0. The molecule has 0 aliphatic carbocycles. The zero-order chi connectivity index (χ0) is 13.9. The minimum Gasteiger partial charge on any atom is -0.342 e. The third kappa shape index (κ3) is 2.42. The predicted molar refractivity (Wildman–Crippen MR) is 68.0 cm³/mol. The number of H-pyrrole nitrogens is 1. The van der Waals surface area contributed by atoms with E-state index in [1.165, 1.54) is 12.1 Å². The van der Waals surface area contributed by atoms with Crippen LogP contribution in [0.15, 0.2) is 40.9 Å². The van der Waals surface area contributed by atoms with Gasteiger partial charge >= 0.3 is 0 Å². The average molecular weight is 268 g/mol. The van der Waals surface area contributed by atoms with Gasteiger partial charge in [-0.2, -0.15) is 10.2 Å². The summed E-state index contributed by atoms with van der Waals surface area (Å²) in [6, 6.07) is 11.5. The van der Waals surface area contributed by atoms with Crippen molar-refractivity contribution in [2.75, 3.05) is 0 Å². The molecule has 20 heavy (non-hydrogen) atoms. The van der Waals surface area contributed by atoms with Crippen LogP contribution in [0.25, 0.3) is 11.6 Å². The highest BCUT2D eigenvalue weighted by Gasteiger charge is 2.11. The van der Waals surface area contributed by atoms with Crippen molar-refractivity contribution in [3.63, 3.8) is 0 Å². The van der Waals surface area contributed by atoms with E-state index < -0.39 is 0 Å². The molecule has 0 atom stereocenters.